The normalized spacial score (nSPS) is 13.9. The van der Waals surface area contributed by atoms with Crippen LogP contribution in [0, 0.1) is 12.8 Å². The van der Waals surface area contributed by atoms with Gasteiger partial charge in [0.15, 0.2) is 0 Å². The molecule has 0 unspecified atom stereocenters. The van der Waals surface area contributed by atoms with Gasteiger partial charge in [0.1, 0.15) is 9.88 Å². The fraction of sp³-hybridized carbons (Fsp3) is 0.462. The third kappa shape index (κ3) is 2.82. The van der Waals surface area contributed by atoms with Crippen LogP contribution in [0.15, 0.2) is 0 Å². The zero-order valence-corrected chi connectivity index (χ0v) is 12.1. The van der Waals surface area contributed by atoms with Crippen LogP contribution in [-0.4, -0.2) is 24.4 Å². The van der Waals surface area contributed by atoms with Crippen LogP contribution < -0.4 is 11.1 Å². The standard InChI is InChI=1S/C13H16N2O4S/c1-3-19-13(18)9-6(2)8(10(14)16)12(20-9)15-11(17)7-4-5-7/h7H,3-5H2,1-2H3,(H2,14,16)(H,15,17). The van der Waals surface area contributed by atoms with E-state index < -0.39 is 11.9 Å². The predicted molar refractivity (Wildman–Crippen MR) is 74.9 cm³/mol. The molecule has 108 valence electrons. The SMILES string of the molecule is CCOC(=O)c1sc(NC(=O)C2CC2)c(C(N)=O)c1C. The Balaban J connectivity index is 2.33. The summed E-state index contributed by atoms with van der Waals surface area (Å²) in [6, 6.07) is 0. The third-order valence-electron chi connectivity index (χ3n) is 3.04. The topological polar surface area (TPSA) is 98.5 Å². The summed E-state index contributed by atoms with van der Waals surface area (Å²) in [6.45, 7) is 3.56. The highest BCUT2D eigenvalue weighted by molar-refractivity contribution is 7.18. The highest BCUT2D eigenvalue weighted by Gasteiger charge is 2.32. The lowest BCUT2D eigenvalue weighted by atomic mass is 10.1. The van der Waals surface area contributed by atoms with Gasteiger partial charge in [-0.05, 0) is 32.3 Å². The zero-order chi connectivity index (χ0) is 14.9. The average molecular weight is 296 g/mol. The molecule has 1 aromatic heterocycles. The van der Waals surface area contributed by atoms with Crippen molar-refractivity contribution >= 4 is 34.1 Å². The van der Waals surface area contributed by atoms with E-state index in [1.165, 1.54) is 0 Å². The number of thiophene rings is 1. The summed E-state index contributed by atoms with van der Waals surface area (Å²) >= 11 is 1.03. The first-order valence-corrected chi connectivity index (χ1v) is 7.18. The molecule has 0 saturated heterocycles. The smallest absolute Gasteiger partial charge is 0.348 e. The van der Waals surface area contributed by atoms with Gasteiger partial charge in [0, 0.05) is 5.92 Å². The molecule has 0 spiro atoms. The molecule has 0 atom stereocenters. The second-order valence-corrected chi connectivity index (χ2v) is 5.63. The number of rotatable bonds is 5. The van der Waals surface area contributed by atoms with Crippen LogP contribution in [0.25, 0.3) is 0 Å². The molecule has 1 heterocycles. The van der Waals surface area contributed by atoms with Gasteiger partial charge in [-0.25, -0.2) is 4.79 Å². The lowest BCUT2D eigenvalue weighted by molar-refractivity contribution is -0.117. The van der Waals surface area contributed by atoms with Crippen LogP contribution in [0.3, 0.4) is 0 Å². The number of carbonyl (C=O) groups is 3. The van der Waals surface area contributed by atoms with Crippen molar-refractivity contribution < 1.29 is 19.1 Å². The van der Waals surface area contributed by atoms with Crippen LogP contribution in [0.5, 0.6) is 0 Å². The van der Waals surface area contributed by atoms with E-state index in [0.29, 0.717) is 15.4 Å². The summed E-state index contributed by atoms with van der Waals surface area (Å²) in [5.74, 6) is -1.31. The molecule has 1 fully saturated rings. The first kappa shape index (κ1) is 14.5. The number of carbonyl (C=O) groups excluding carboxylic acids is 3. The summed E-state index contributed by atoms with van der Waals surface area (Å²) < 4.78 is 4.93. The number of nitrogens with two attached hydrogens (primary N) is 1. The minimum atomic E-state index is -0.666. The quantitative estimate of drug-likeness (QED) is 0.807. The lowest BCUT2D eigenvalue weighted by Gasteiger charge is -2.03. The zero-order valence-electron chi connectivity index (χ0n) is 11.3. The molecule has 2 amide bonds. The minimum absolute atomic E-state index is 0.00387. The Morgan fingerprint density at radius 2 is 2.05 bits per heavy atom. The maximum absolute atomic E-state index is 11.8. The number of primary amides is 1. The van der Waals surface area contributed by atoms with Gasteiger partial charge in [0.2, 0.25) is 5.91 Å². The van der Waals surface area contributed by atoms with Crippen molar-refractivity contribution in [2.45, 2.75) is 26.7 Å². The van der Waals surface area contributed by atoms with Crippen molar-refractivity contribution in [1.29, 1.82) is 0 Å². The van der Waals surface area contributed by atoms with Crippen molar-refractivity contribution in [1.82, 2.24) is 0 Å². The maximum Gasteiger partial charge on any atom is 0.348 e. The molecule has 7 heteroatoms. The maximum atomic E-state index is 11.8. The number of hydrogen-bond acceptors (Lipinski definition) is 5. The molecular formula is C13H16N2O4S. The van der Waals surface area contributed by atoms with E-state index in [9.17, 15) is 14.4 Å². The summed E-state index contributed by atoms with van der Waals surface area (Å²) in [6.07, 6.45) is 1.71. The largest absolute Gasteiger partial charge is 0.462 e. The van der Waals surface area contributed by atoms with E-state index in [1.807, 2.05) is 0 Å². The number of anilines is 1. The Morgan fingerprint density at radius 1 is 1.40 bits per heavy atom. The van der Waals surface area contributed by atoms with Crippen molar-refractivity contribution in [3.05, 3.63) is 16.0 Å². The van der Waals surface area contributed by atoms with Crippen LogP contribution in [0.4, 0.5) is 5.00 Å². The average Bonchev–Trinajstić information content (AvgIpc) is 3.15. The lowest BCUT2D eigenvalue weighted by Crippen LogP contribution is -2.18. The third-order valence-corrected chi connectivity index (χ3v) is 4.23. The van der Waals surface area contributed by atoms with Crippen LogP contribution in [0.2, 0.25) is 0 Å². The first-order chi connectivity index (χ1) is 9.45. The van der Waals surface area contributed by atoms with Gasteiger partial charge in [0.05, 0.1) is 12.2 Å². The summed E-state index contributed by atoms with van der Waals surface area (Å²) in [5.41, 5.74) is 5.97. The molecule has 0 radical (unpaired) electrons. The number of nitrogens with one attached hydrogen (secondary N) is 1. The van der Waals surface area contributed by atoms with Crippen molar-refractivity contribution in [2.75, 3.05) is 11.9 Å². The van der Waals surface area contributed by atoms with Crippen LogP contribution in [0.1, 0.15) is 45.4 Å². The van der Waals surface area contributed by atoms with E-state index in [-0.39, 0.29) is 24.0 Å². The van der Waals surface area contributed by atoms with Gasteiger partial charge in [-0.15, -0.1) is 11.3 Å². The molecule has 6 nitrogen and oxygen atoms in total. The van der Waals surface area contributed by atoms with Gasteiger partial charge in [-0.2, -0.15) is 0 Å². The van der Waals surface area contributed by atoms with Gasteiger partial charge in [0.25, 0.3) is 5.91 Å². The molecule has 0 aromatic carbocycles. The van der Waals surface area contributed by atoms with Crippen molar-refractivity contribution in [3.8, 4) is 0 Å². The number of ether oxygens (including phenoxy) is 1. The first-order valence-electron chi connectivity index (χ1n) is 6.36. The summed E-state index contributed by atoms with van der Waals surface area (Å²) in [7, 11) is 0. The Hall–Kier alpha value is -1.89. The second kappa shape index (κ2) is 5.62. The van der Waals surface area contributed by atoms with Gasteiger partial charge in [-0.3, -0.25) is 9.59 Å². The molecule has 0 aliphatic heterocycles. The molecular weight excluding hydrogens is 280 g/mol. The predicted octanol–water partition coefficient (Wildman–Crippen LogP) is 1.68. The highest BCUT2D eigenvalue weighted by atomic mass is 32.1. The van der Waals surface area contributed by atoms with E-state index in [2.05, 4.69) is 5.32 Å². The van der Waals surface area contributed by atoms with E-state index in [4.69, 9.17) is 10.5 Å². The van der Waals surface area contributed by atoms with Gasteiger partial charge >= 0.3 is 5.97 Å². The Labute approximate surface area is 120 Å². The molecule has 20 heavy (non-hydrogen) atoms. The Kier molecular flexibility index (Phi) is 4.08. The van der Waals surface area contributed by atoms with Crippen LogP contribution in [-0.2, 0) is 9.53 Å². The monoisotopic (exact) mass is 296 g/mol. The summed E-state index contributed by atoms with van der Waals surface area (Å²) in [4.78, 5) is 35.4. The number of esters is 1. The minimum Gasteiger partial charge on any atom is -0.462 e. The van der Waals surface area contributed by atoms with Gasteiger partial charge in [-0.1, -0.05) is 0 Å². The molecule has 1 aromatic rings. The summed E-state index contributed by atoms with van der Waals surface area (Å²) in [5, 5.41) is 3.01. The molecule has 1 saturated carbocycles. The van der Waals surface area contributed by atoms with E-state index >= 15 is 0 Å². The number of hydrogen-bond donors (Lipinski definition) is 2. The van der Waals surface area contributed by atoms with Gasteiger partial charge < -0.3 is 15.8 Å². The van der Waals surface area contributed by atoms with Crippen molar-refractivity contribution in [3.63, 3.8) is 0 Å². The Morgan fingerprint density at radius 3 is 2.55 bits per heavy atom. The fourth-order valence-corrected chi connectivity index (χ4v) is 2.96. The fourth-order valence-electron chi connectivity index (χ4n) is 1.85. The van der Waals surface area contributed by atoms with E-state index in [0.717, 1.165) is 24.2 Å². The molecule has 0 bridgehead atoms. The molecule has 1 aliphatic rings. The molecule has 1 aliphatic carbocycles. The molecule has 3 N–H and O–H groups in total. The van der Waals surface area contributed by atoms with Crippen molar-refractivity contribution in [2.24, 2.45) is 11.7 Å². The van der Waals surface area contributed by atoms with Crippen LogP contribution >= 0.6 is 11.3 Å². The Bertz CT molecular complexity index is 575. The number of amides is 2. The highest BCUT2D eigenvalue weighted by Crippen LogP contribution is 2.36. The second-order valence-electron chi connectivity index (χ2n) is 4.61. The van der Waals surface area contributed by atoms with E-state index in [1.54, 1.807) is 13.8 Å². The molecule has 2 rings (SSSR count).